The molecule has 7 heteroatoms. The fourth-order valence-electron chi connectivity index (χ4n) is 2.88. The maximum Gasteiger partial charge on any atom is 0.191 e. The van der Waals surface area contributed by atoms with E-state index in [9.17, 15) is 0 Å². The van der Waals surface area contributed by atoms with Crippen LogP contribution in [0.25, 0.3) is 0 Å². The van der Waals surface area contributed by atoms with Gasteiger partial charge in [-0.1, -0.05) is 36.4 Å². The molecule has 0 bridgehead atoms. The summed E-state index contributed by atoms with van der Waals surface area (Å²) in [5, 5.41) is 6.71. The lowest BCUT2D eigenvalue weighted by Gasteiger charge is -2.16. The van der Waals surface area contributed by atoms with Crippen LogP contribution in [-0.4, -0.2) is 39.9 Å². The molecule has 0 fully saturated rings. The summed E-state index contributed by atoms with van der Waals surface area (Å²) in [7, 11) is 3.47. The van der Waals surface area contributed by atoms with Gasteiger partial charge in [0.25, 0.3) is 0 Å². The highest BCUT2D eigenvalue weighted by molar-refractivity contribution is 14.0. The van der Waals surface area contributed by atoms with E-state index in [-0.39, 0.29) is 24.0 Å². The van der Waals surface area contributed by atoms with E-state index >= 15 is 0 Å². The van der Waals surface area contributed by atoms with Gasteiger partial charge in [0, 0.05) is 39.4 Å². The van der Waals surface area contributed by atoms with Gasteiger partial charge in [0.15, 0.2) is 5.96 Å². The van der Waals surface area contributed by atoms with E-state index in [1.54, 1.807) is 14.2 Å². The number of hydrogen-bond donors (Lipinski definition) is 2. The summed E-state index contributed by atoms with van der Waals surface area (Å²) >= 11 is 0. The minimum atomic E-state index is 0. The first kappa shape index (κ1) is 26.2. The van der Waals surface area contributed by atoms with Crippen molar-refractivity contribution >= 4 is 29.9 Å². The molecule has 0 amide bonds. The van der Waals surface area contributed by atoms with Crippen molar-refractivity contribution in [2.24, 2.45) is 4.99 Å². The Hall–Kier alpha value is -1.84. The number of nitrogens with one attached hydrogen (secondary N) is 2. The largest absolute Gasteiger partial charge is 0.491 e. The first-order chi connectivity index (χ1) is 14.2. The third-order valence-electron chi connectivity index (χ3n) is 4.34. The number of ether oxygens (including phenoxy) is 3. The highest BCUT2D eigenvalue weighted by Gasteiger charge is 2.06. The van der Waals surface area contributed by atoms with Gasteiger partial charge in [-0.2, -0.15) is 0 Å². The summed E-state index contributed by atoms with van der Waals surface area (Å²) < 4.78 is 16.5. The van der Waals surface area contributed by atoms with Crippen molar-refractivity contribution in [1.29, 1.82) is 0 Å². The van der Waals surface area contributed by atoms with Crippen molar-refractivity contribution in [3.8, 4) is 5.75 Å². The molecule has 0 aliphatic carbocycles. The van der Waals surface area contributed by atoms with Gasteiger partial charge in [0.1, 0.15) is 12.4 Å². The number of aliphatic imine (C=N–C) groups is 1. The van der Waals surface area contributed by atoms with Gasteiger partial charge < -0.3 is 24.8 Å². The second-order valence-electron chi connectivity index (χ2n) is 6.69. The Morgan fingerprint density at radius 2 is 1.77 bits per heavy atom. The molecular formula is C23H34IN3O3. The fourth-order valence-corrected chi connectivity index (χ4v) is 2.88. The SMILES string of the molecule is CCOCCOc1cc(C)ccc1CNC(=NC)NCc1cccc(COC)c1.I. The third-order valence-corrected chi connectivity index (χ3v) is 4.34. The Morgan fingerprint density at radius 1 is 1.00 bits per heavy atom. The molecule has 2 N–H and O–H groups in total. The number of aryl methyl sites for hydroxylation is 1. The number of guanidine groups is 1. The zero-order valence-electron chi connectivity index (χ0n) is 18.4. The smallest absolute Gasteiger partial charge is 0.191 e. The monoisotopic (exact) mass is 527 g/mol. The van der Waals surface area contributed by atoms with Crippen LogP contribution in [0.15, 0.2) is 47.5 Å². The maximum atomic E-state index is 5.91. The summed E-state index contributed by atoms with van der Waals surface area (Å²) in [6.45, 7) is 7.77. The normalized spacial score (nSPS) is 11.0. The van der Waals surface area contributed by atoms with Gasteiger partial charge in [-0.15, -0.1) is 24.0 Å². The van der Waals surface area contributed by atoms with Crippen LogP contribution in [0.5, 0.6) is 5.75 Å². The number of methoxy groups -OCH3 is 1. The molecule has 0 aromatic heterocycles. The van der Waals surface area contributed by atoms with Gasteiger partial charge in [-0.05, 0) is 36.6 Å². The molecule has 2 aromatic rings. The topological polar surface area (TPSA) is 64.1 Å². The molecule has 0 saturated carbocycles. The van der Waals surface area contributed by atoms with E-state index in [0.717, 1.165) is 22.8 Å². The molecule has 0 radical (unpaired) electrons. The van der Waals surface area contributed by atoms with E-state index in [2.05, 4.69) is 58.9 Å². The second kappa shape index (κ2) is 15.0. The maximum absolute atomic E-state index is 5.91. The predicted molar refractivity (Wildman–Crippen MR) is 133 cm³/mol. The third kappa shape index (κ3) is 9.32. The van der Waals surface area contributed by atoms with E-state index in [1.165, 1.54) is 11.1 Å². The molecule has 2 aromatic carbocycles. The van der Waals surface area contributed by atoms with E-state index in [4.69, 9.17) is 14.2 Å². The van der Waals surface area contributed by atoms with Crippen molar-refractivity contribution in [1.82, 2.24) is 10.6 Å². The van der Waals surface area contributed by atoms with Gasteiger partial charge in [0.05, 0.1) is 13.2 Å². The summed E-state index contributed by atoms with van der Waals surface area (Å²) in [5.74, 6) is 1.61. The lowest BCUT2D eigenvalue weighted by atomic mass is 10.1. The van der Waals surface area contributed by atoms with Crippen molar-refractivity contribution in [2.75, 3.05) is 34.0 Å². The van der Waals surface area contributed by atoms with Crippen LogP contribution in [0.3, 0.4) is 0 Å². The number of nitrogens with zero attached hydrogens (tertiary/aromatic N) is 1. The lowest BCUT2D eigenvalue weighted by Crippen LogP contribution is -2.36. The van der Waals surface area contributed by atoms with Gasteiger partial charge in [0.2, 0.25) is 0 Å². The molecule has 0 aliphatic heterocycles. The zero-order chi connectivity index (χ0) is 20.9. The average Bonchev–Trinajstić information content (AvgIpc) is 2.73. The molecule has 0 aliphatic rings. The molecule has 0 heterocycles. The molecule has 2 rings (SSSR count). The summed E-state index contributed by atoms with van der Waals surface area (Å²) in [4.78, 5) is 4.32. The highest BCUT2D eigenvalue weighted by Crippen LogP contribution is 2.20. The lowest BCUT2D eigenvalue weighted by molar-refractivity contribution is 0.110. The van der Waals surface area contributed by atoms with Crippen LogP contribution in [0.1, 0.15) is 29.2 Å². The van der Waals surface area contributed by atoms with Gasteiger partial charge in [-0.25, -0.2) is 0 Å². The van der Waals surface area contributed by atoms with Gasteiger partial charge >= 0.3 is 0 Å². The molecule has 166 valence electrons. The van der Waals surface area contributed by atoms with Crippen molar-refractivity contribution in [2.45, 2.75) is 33.5 Å². The first-order valence-corrected chi connectivity index (χ1v) is 9.97. The average molecular weight is 527 g/mol. The Labute approximate surface area is 197 Å². The van der Waals surface area contributed by atoms with Crippen LogP contribution >= 0.6 is 24.0 Å². The predicted octanol–water partition coefficient (Wildman–Crippen LogP) is 4.04. The Balaban J connectivity index is 0.00000450. The molecular weight excluding hydrogens is 493 g/mol. The highest BCUT2D eigenvalue weighted by atomic mass is 127. The Morgan fingerprint density at radius 3 is 2.50 bits per heavy atom. The van der Waals surface area contributed by atoms with E-state index in [1.807, 2.05) is 13.0 Å². The minimum Gasteiger partial charge on any atom is -0.491 e. The van der Waals surface area contributed by atoms with E-state index in [0.29, 0.717) is 39.5 Å². The van der Waals surface area contributed by atoms with Crippen LogP contribution in [0, 0.1) is 6.92 Å². The molecule has 0 atom stereocenters. The fraction of sp³-hybridized carbons (Fsp3) is 0.435. The van der Waals surface area contributed by atoms with Crippen molar-refractivity contribution < 1.29 is 14.2 Å². The van der Waals surface area contributed by atoms with Crippen LogP contribution in [0.4, 0.5) is 0 Å². The molecule has 6 nitrogen and oxygen atoms in total. The zero-order valence-corrected chi connectivity index (χ0v) is 20.7. The Kier molecular flexibility index (Phi) is 13.1. The summed E-state index contributed by atoms with van der Waals surface area (Å²) in [5.41, 5.74) is 4.58. The standard InChI is InChI=1S/C23H33N3O3.HI/c1-5-28-11-12-29-22-13-18(2)9-10-21(22)16-26-23(24-3)25-15-19-7-6-8-20(14-19)17-27-4;/h6-10,13-14H,5,11-12,15-17H2,1-4H3,(H2,24,25,26);1H. The number of halogens is 1. The molecule has 0 saturated heterocycles. The number of benzene rings is 2. The Bertz CT molecular complexity index is 784. The minimum absolute atomic E-state index is 0. The van der Waals surface area contributed by atoms with Gasteiger partial charge in [-0.3, -0.25) is 4.99 Å². The second-order valence-corrected chi connectivity index (χ2v) is 6.69. The van der Waals surface area contributed by atoms with Crippen LogP contribution in [-0.2, 0) is 29.2 Å². The number of rotatable bonds is 11. The molecule has 0 spiro atoms. The molecule has 30 heavy (non-hydrogen) atoms. The number of hydrogen-bond acceptors (Lipinski definition) is 4. The van der Waals surface area contributed by atoms with Crippen LogP contribution in [0.2, 0.25) is 0 Å². The van der Waals surface area contributed by atoms with Crippen molar-refractivity contribution in [3.05, 3.63) is 64.7 Å². The summed E-state index contributed by atoms with van der Waals surface area (Å²) in [6.07, 6.45) is 0. The van der Waals surface area contributed by atoms with Crippen LogP contribution < -0.4 is 15.4 Å². The summed E-state index contributed by atoms with van der Waals surface area (Å²) in [6, 6.07) is 14.5. The quantitative estimate of drug-likeness (QED) is 0.200. The molecule has 0 unspecified atom stereocenters. The van der Waals surface area contributed by atoms with Crippen molar-refractivity contribution in [3.63, 3.8) is 0 Å². The van der Waals surface area contributed by atoms with E-state index < -0.39 is 0 Å². The first-order valence-electron chi connectivity index (χ1n) is 9.97.